The highest BCUT2D eigenvalue weighted by atomic mass is 35.5. The van der Waals surface area contributed by atoms with Gasteiger partial charge in [0.2, 0.25) is 5.91 Å². The number of carbonyl (C=O) groups is 2. The first-order valence-electron chi connectivity index (χ1n) is 8.31. The Morgan fingerprint density at radius 1 is 1.20 bits per heavy atom. The summed E-state index contributed by atoms with van der Waals surface area (Å²) in [5, 5.41) is 0.431. The van der Waals surface area contributed by atoms with Crippen molar-refractivity contribution >= 4 is 29.1 Å². The van der Waals surface area contributed by atoms with Gasteiger partial charge in [-0.3, -0.25) is 9.59 Å². The van der Waals surface area contributed by atoms with Crippen LogP contribution < -0.4 is 4.90 Å². The Kier molecular flexibility index (Phi) is 5.34. The number of pyridine rings is 1. The molecular weight excluding hydrogens is 338 g/mol. The summed E-state index contributed by atoms with van der Waals surface area (Å²) in [5.74, 6) is 0.0733. The van der Waals surface area contributed by atoms with Crippen molar-refractivity contribution < 1.29 is 9.59 Å². The summed E-state index contributed by atoms with van der Waals surface area (Å²) in [6.07, 6.45) is 4.23. The Balaban J connectivity index is 1.67. The number of piperidine rings is 1. The van der Waals surface area contributed by atoms with Gasteiger partial charge in [0.15, 0.2) is 0 Å². The molecule has 6 heteroatoms. The molecule has 1 aliphatic heterocycles. The quantitative estimate of drug-likeness (QED) is 0.787. The van der Waals surface area contributed by atoms with E-state index in [9.17, 15) is 9.59 Å². The predicted molar refractivity (Wildman–Crippen MR) is 97.7 cm³/mol. The van der Waals surface area contributed by atoms with Crippen LogP contribution in [-0.2, 0) is 11.3 Å². The van der Waals surface area contributed by atoms with E-state index in [0.29, 0.717) is 23.7 Å². The summed E-state index contributed by atoms with van der Waals surface area (Å²) in [4.78, 5) is 32.0. The Bertz CT molecular complexity index is 759. The van der Waals surface area contributed by atoms with E-state index < -0.39 is 0 Å². The van der Waals surface area contributed by atoms with Gasteiger partial charge < -0.3 is 9.80 Å². The lowest BCUT2D eigenvalue weighted by Crippen LogP contribution is -2.35. The van der Waals surface area contributed by atoms with Gasteiger partial charge in [0.25, 0.3) is 5.91 Å². The van der Waals surface area contributed by atoms with Crippen molar-refractivity contribution in [2.75, 3.05) is 18.5 Å². The van der Waals surface area contributed by atoms with Crippen molar-refractivity contribution in [3.8, 4) is 0 Å². The fourth-order valence-corrected chi connectivity index (χ4v) is 3.04. The van der Waals surface area contributed by atoms with E-state index in [1.54, 1.807) is 41.2 Å². The zero-order valence-corrected chi connectivity index (χ0v) is 14.9. The largest absolute Gasteiger partial charge is 0.337 e. The van der Waals surface area contributed by atoms with Gasteiger partial charge >= 0.3 is 0 Å². The number of benzene rings is 1. The maximum Gasteiger partial charge on any atom is 0.253 e. The fraction of sp³-hybridized carbons (Fsp3) is 0.316. The van der Waals surface area contributed by atoms with Crippen LogP contribution in [0.5, 0.6) is 0 Å². The number of nitrogens with zero attached hydrogens (tertiary/aromatic N) is 3. The van der Waals surface area contributed by atoms with E-state index in [0.717, 1.165) is 30.6 Å². The zero-order valence-electron chi connectivity index (χ0n) is 14.1. The average molecular weight is 358 g/mol. The highest BCUT2D eigenvalue weighted by Crippen LogP contribution is 2.22. The highest BCUT2D eigenvalue weighted by Gasteiger charge is 2.20. The fourth-order valence-electron chi connectivity index (χ4n) is 2.93. The van der Waals surface area contributed by atoms with E-state index in [1.165, 1.54) is 0 Å². The Morgan fingerprint density at radius 2 is 1.96 bits per heavy atom. The average Bonchev–Trinajstić information content (AvgIpc) is 2.63. The molecule has 1 aliphatic rings. The van der Waals surface area contributed by atoms with Crippen LogP contribution in [0, 0.1) is 0 Å². The molecule has 130 valence electrons. The normalized spacial score (nSPS) is 14.5. The lowest BCUT2D eigenvalue weighted by molar-refractivity contribution is -0.119. The number of carbonyl (C=O) groups excluding carboxylic acids is 2. The van der Waals surface area contributed by atoms with Crippen molar-refractivity contribution in [3.63, 3.8) is 0 Å². The number of halogens is 1. The molecule has 0 atom stereocenters. The van der Waals surface area contributed by atoms with Gasteiger partial charge in [-0.2, -0.15) is 0 Å². The number of hydrogen-bond donors (Lipinski definition) is 0. The Hall–Kier alpha value is -2.40. The molecule has 0 N–H and O–H groups in total. The minimum absolute atomic E-state index is 0.0773. The van der Waals surface area contributed by atoms with Crippen molar-refractivity contribution in [1.82, 2.24) is 9.88 Å². The molecule has 1 fully saturated rings. The lowest BCUT2D eigenvalue weighted by atomic mass is 10.1. The number of aromatic nitrogens is 1. The minimum Gasteiger partial charge on any atom is -0.337 e. The molecule has 0 bridgehead atoms. The molecule has 0 aliphatic carbocycles. The first-order valence-corrected chi connectivity index (χ1v) is 8.69. The molecule has 2 amide bonds. The van der Waals surface area contributed by atoms with Gasteiger partial charge in [0.05, 0.1) is 0 Å². The third-order valence-electron chi connectivity index (χ3n) is 4.30. The molecule has 25 heavy (non-hydrogen) atoms. The highest BCUT2D eigenvalue weighted by molar-refractivity contribution is 6.29. The van der Waals surface area contributed by atoms with Gasteiger partial charge in [-0.1, -0.05) is 17.7 Å². The van der Waals surface area contributed by atoms with Crippen LogP contribution in [0.1, 0.15) is 35.2 Å². The van der Waals surface area contributed by atoms with Gasteiger partial charge in [-0.15, -0.1) is 0 Å². The summed E-state index contributed by atoms with van der Waals surface area (Å²) in [6.45, 7) is 1.20. The first-order chi connectivity index (χ1) is 12.0. The molecule has 1 aromatic carbocycles. The second-order valence-corrected chi connectivity index (χ2v) is 6.59. The summed E-state index contributed by atoms with van der Waals surface area (Å²) in [5.41, 5.74) is 2.36. The van der Waals surface area contributed by atoms with Crippen molar-refractivity contribution in [2.45, 2.75) is 25.8 Å². The monoisotopic (exact) mass is 357 g/mol. The van der Waals surface area contributed by atoms with Crippen LogP contribution in [0.15, 0.2) is 42.6 Å². The predicted octanol–water partition coefficient (Wildman–Crippen LogP) is 3.52. The zero-order chi connectivity index (χ0) is 17.8. The number of amides is 2. The van der Waals surface area contributed by atoms with E-state index in [2.05, 4.69) is 4.98 Å². The molecule has 2 aromatic rings. The third kappa shape index (κ3) is 4.17. The van der Waals surface area contributed by atoms with Crippen molar-refractivity contribution in [2.24, 2.45) is 0 Å². The summed E-state index contributed by atoms with van der Waals surface area (Å²) in [7, 11) is 1.75. The van der Waals surface area contributed by atoms with Gasteiger partial charge in [-0.25, -0.2) is 4.98 Å². The summed E-state index contributed by atoms with van der Waals surface area (Å²) < 4.78 is 0. The molecule has 0 spiro atoms. The minimum atomic E-state index is -0.0773. The second-order valence-electron chi connectivity index (χ2n) is 6.20. The summed E-state index contributed by atoms with van der Waals surface area (Å²) in [6, 6.07) is 10.8. The van der Waals surface area contributed by atoms with Crippen LogP contribution >= 0.6 is 11.6 Å². The van der Waals surface area contributed by atoms with Crippen molar-refractivity contribution in [3.05, 3.63) is 58.9 Å². The van der Waals surface area contributed by atoms with Gasteiger partial charge in [0, 0.05) is 44.0 Å². The molecule has 1 aromatic heterocycles. The number of hydrogen-bond acceptors (Lipinski definition) is 3. The second kappa shape index (κ2) is 7.66. The molecule has 5 nitrogen and oxygen atoms in total. The van der Waals surface area contributed by atoms with Crippen LogP contribution in [0.25, 0.3) is 0 Å². The number of rotatable bonds is 4. The molecule has 3 rings (SSSR count). The Labute approximate surface area is 152 Å². The van der Waals surface area contributed by atoms with Gasteiger partial charge in [0.1, 0.15) is 5.15 Å². The van der Waals surface area contributed by atoms with Crippen LogP contribution in [-0.4, -0.2) is 35.3 Å². The Morgan fingerprint density at radius 3 is 2.60 bits per heavy atom. The van der Waals surface area contributed by atoms with Crippen molar-refractivity contribution in [1.29, 1.82) is 0 Å². The molecule has 1 saturated heterocycles. The van der Waals surface area contributed by atoms with Crippen LogP contribution in [0.3, 0.4) is 0 Å². The lowest BCUT2D eigenvalue weighted by Gasteiger charge is -2.27. The maximum absolute atomic E-state index is 12.6. The van der Waals surface area contributed by atoms with Crippen LogP contribution in [0.2, 0.25) is 5.15 Å². The SMILES string of the molecule is CN(Cc1ccc(Cl)nc1)C(=O)c1ccc(N2CCCCC2=O)cc1. The smallest absolute Gasteiger partial charge is 0.253 e. The van der Waals surface area contributed by atoms with Crippen LogP contribution in [0.4, 0.5) is 5.69 Å². The molecule has 2 heterocycles. The molecule has 0 radical (unpaired) electrons. The molecule has 0 saturated carbocycles. The van der Waals surface area contributed by atoms with E-state index >= 15 is 0 Å². The van der Waals surface area contributed by atoms with E-state index in [4.69, 9.17) is 11.6 Å². The standard InChI is InChI=1S/C19H20ClN3O2/c1-22(13-14-5-10-17(20)21-12-14)19(25)15-6-8-16(9-7-15)23-11-3-2-4-18(23)24/h5-10,12H,2-4,11,13H2,1H3. The van der Waals surface area contributed by atoms with E-state index in [1.807, 2.05) is 18.2 Å². The first kappa shape index (κ1) is 17.4. The molecule has 0 unspecified atom stereocenters. The summed E-state index contributed by atoms with van der Waals surface area (Å²) >= 11 is 5.78. The molecular formula is C19H20ClN3O2. The topological polar surface area (TPSA) is 53.5 Å². The maximum atomic E-state index is 12.6. The number of anilines is 1. The third-order valence-corrected chi connectivity index (χ3v) is 4.53. The van der Waals surface area contributed by atoms with E-state index in [-0.39, 0.29) is 11.8 Å². The van der Waals surface area contributed by atoms with Gasteiger partial charge in [-0.05, 0) is 48.7 Å².